The van der Waals surface area contributed by atoms with E-state index in [0.29, 0.717) is 10.9 Å². The van der Waals surface area contributed by atoms with Gasteiger partial charge in [-0.3, -0.25) is 4.79 Å². The first-order chi connectivity index (χ1) is 12.8. The van der Waals surface area contributed by atoms with Crippen LogP contribution in [0.2, 0.25) is 0 Å². The second kappa shape index (κ2) is 10.3. The summed E-state index contributed by atoms with van der Waals surface area (Å²) in [5, 5.41) is 11.2. The van der Waals surface area contributed by atoms with Gasteiger partial charge in [0.1, 0.15) is 5.75 Å². The Morgan fingerprint density at radius 1 is 1.23 bits per heavy atom. The number of carbonyl (C=O) groups excluding carboxylic acids is 1. The number of piperidine rings is 1. The zero-order chi connectivity index (χ0) is 18.0. The predicted octanol–water partition coefficient (Wildman–Crippen LogP) is 2.88. The highest BCUT2D eigenvalue weighted by Gasteiger charge is 2.15. The number of hydrogen-bond donors (Lipinski definition) is 1. The van der Waals surface area contributed by atoms with Crippen molar-refractivity contribution in [2.24, 2.45) is 10.2 Å². The van der Waals surface area contributed by atoms with Crippen molar-refractivity contribution in [1.29, 1.82) is 0 Å². The van der Waals surface area contributed by atoms with Crippen LogP contribution in [0, 0.1) is 0 Å². The van der Waals surface area contributed by atoms with Crippen molar-refractivity contribution in [3.8, 4) is 5.75 Å². The molecule has 1 amide bonds. The summed E-state index contributed by atoms with van der Waals surface area (Å²) in [6.07, 6.45) is 8.00. The molecule has 0 radical (unpaired) electrons. The van der Waals surface area contributed by atoms with Gasteiger partial charge < -0.3 is 15.0 Å². The number of likely N-dealkylation sites (tertiary alicyclic amines) is 1. The number of rotatable bonds is 8. The minimum Gasteiger partial charge on any atom is -0.494 e. The van der Waals surface area contributed by atoms with Gasteiger partial charge in [0, 0.05) is 0 Å². The van der Waals surface area contributed by atoms with Gasteiger partial charge in [-0.15, -0.1) is 5.10 Å². The Morgan fingerprint density at radius 3 is 2.92 bits per heavy atom. The number of amides is 1. The van der Waals surface area contributed by atoms with E-state index in [-0.39, 0.29) is 5.91 Å². The number of nitrogens with zero attached hydrogens (tertiary/aromatic N) is 3. The molecule has 0 spiro atoms. The fourth-order valence-electron chi connectivity index (χ4n) is 3.02. The summed E-state index contributed by atoms with van der Waals surface area (Å²) in [7, 11) is 0. The first kappa shape index (κ1) is 18.9. The van der Waals surface area contributed by atoms with Crippen molar-refractivity contribution >= 4 is 29.1 Å². The van der Waals surface area contributed by atoms with Crippen LogP contribution >= 0.6 is 11.8 Å². The molecule has 2 heterocycles. The van der Waals surface area contributed by atoms with E-state index in [1.165, 1.54) is 57.1 Å². The lowest BCUT2D eigenvalue weighted by atomic mass is 10.1. The van der Waals surface area contributed by atoms with Gasteiger partial charge in [0.2, 0.25) is 5.91 Å². The molecule has 1 aromatic carbocycles. The molecule has 3 rings (SSSR count). The zero-order valence-electron chi connectivity index (χ0n) is 15.0. The Morgan fingerprint density at radius 2 is 2.12 bits per heavy atom. The van der Waals surface area contributed by atoms with Crippen LogP contribution < -0.4 is 10.1 Å². The molecule has 0 aliphatic carbocycles. The van der Waals surface area contributed by atoms with E-state index in [1.807, 2.05) is 24.3 Å². The van der Waals surface area contributed by atoms with E-state index in [4.69, 9.17) is 4.74 Å². The molecule has 1 N–H and O–H groups in total. The highest BCUT2D eigenvalue weighted by atomic mass is 32.2. The molecule has 0 bridgehead atoms. The Bertz CT molecular complexity index is 657. The standard InChI is InChI=1S/C19H26N4O2S/c24-18-15-26-19(21-18)22-20-14-16-7-6-8-17(13-16)25-12-5-4-11-23-9-2-1-3-10-23/h6-8,13-14H,1-5,9-12,15H2,(H,21,22,24). The van der Waals surface area contributed by atoms with E-state index in [0.717, 1.165) is 24.3 Å². The number of ether oxygens (including phenoxy) is 1. The lowest BCUT2D eigenvalue weighted by molar-refractivity contribution is -0.116. The molecule has 2 fully saturated rings. The van der Waals surface area contributed by atoms with Gasteiger partial charge in [-0.2, -0.15) is 5.10 Å². The maximum absolute atomic E-state index is 11.1. The Hall–Kier alpha value is -1.86. The lowest BCUT2D eigenvalue weighted by Gasteiger charge is -2.26. The summed E-state index contributed by atoms with van der Waals surface area (Å²) in [5.74, 6) is 1.23. The molecule has 0 saturated carbocycles. The van der Waals surface area contributed by atoms with Crippen molar-refractivity contribution in [3.63, 3.8) is 0 Å². The highest BCUT2D eigenvalue weighted by molar-refractivity contribution is 8.15. The third kappa shape index (κ3) is 6.46. The molecule has 26 heavy (non-hydrogen) atoms. The van der Waals surface area contributed by atoms with Gasteiger partial charge in [0.05, 0.1) is 18.6 Å². The summed E-state index contributed by atoms with van der Waals surface area (Å²) in [5.41, 5.74) is 0.925. The van der Waals surface area contributed by atoms with Crippen molar-refractivity contribution in [2.45, 2.75) is 32.1 Å². The Kier molecular flexibility index (Phi) is 7.51. The minimum atomic E-state index is -0.0281. The summed E-state index contributed by atoms with van der Waals surface area (Å²) < 4.78 is 5.85. The number of unbranched alkanes of at least 4 members (excludes halogenated alkanes) is 1. The van der Waals surface area contributed by atoms with E-state index in [1.54, 1.807) is 6.21 Å². The third-order valence-electron chi connectivity index (χ3n) is 4.39. The quantitative estimate of drug-likeness (QED) is 0.432. The number of benzene rings is 1. The number of hydrogen-bond acceptors (Lipinski definition) is 6. The molecule has 140 valence electrons. The summed E-state index contributed by atoms with van der Waals surface area (Å²) in [6.45, 7) is 4.44. The molecule has 7 heteroatoms. The molecule has 0 unspecified atom stereocenters. The van der Waals surface area contributed by atoms with Gasteiger partial charge in [0.15, 0.2) is 5.17 Å². The number of amidine groups is 1. The Labute approximate surface area is 159 Å². The van der Waals surface area contributed by atoms with E-state index >= 15 is 0 Å². The maximum atomic E-state index is 11.1. The topological polar surface area (TPSA) is 66.3 Å². The van der Waals surface area contributed by atoms with Gasteiger partial charge in [0.25, 0.3) is 0 Å². The largest absolute Gasteiger partial charge is 0.494 e. The van der Waals surface area contributed by atoms with Crippen LogP contribution in [0.15, 0.2) is 34.5 Å². The molecule has 0 atom stereocenters. The van der Waals surface area contributed by atoms with Crippen molar-refractivity contribution in [3.05, 3.63) is 29.8 Å². The lowest BCUT2D eigenvalue weighted by Crippen LogP contribution is -2.30. The second-order valence-electron chi connectivity index (χ2n) is 6.52. The fraction of sp³-hybridized carbons (Fsp3) is 0.526. The van der Waals surface area contributed by atoms with E-state index in [9.17, 15) is 4.79 Å². The normalized spacial score (nSPS) is 20.0. The minimum absolute atomic E-state index is 0.0281. The Balaban J connectivity index is 1.37. The van der Waals surface area contributed by atoms with Crippen molar-refractivity contribution < 1.29 is 9.53 Å². The molecule has 2 aliphatic rings. The van der Waals surface area contributed by atoms with E-state index in [2.05, 4.69) is 20.4 Å². The number of nitrogens with one attached hydrogen (secondary N) is 1. The molecule has 2 aliphatic heterocycles. The summed E-state index contributed by atoms with van der Waals surface area (Å²) in [4.78, 5) is 13.6. The SMILES string of the molecule is O=C1CSC(=NN=Cc2cccc(OCCCCN3CCCCC3)c2)N1. The molecule has 0 aromatic heterocycles. The molecular weight excluding hydrogens is 348 g/mol. The van der Waals surface area contributed by atoms with Gasteiger partial charge >= 0.3 is 0 Å². The highest BCUT2D eigenvalue weighted by Crippen LogP contribution is 2.14. The van der Waals surface area contributed by atoms with Crippen LogP contribution in [0.4, 0.5) is 0 Å². The average Bonchev–Trinajstić information content (AvgIpc) is 3.08. The maximum Gasteiger partial charge on any atom is 0.236 e. The van der Waals surface area contributed by atoms with Crippen LogP contribution in [0.1, 0.15) is 37.7 Å². The smallest absolute Gasteiger partial charge is 0.236 e. The van der Waals surface area contributed by atoms with Gasteiger partial charge in [-0.25, -0.2) is 0 Å². The number of thioether (sulfide) groups is 1. The van der Waals surface area contributed by atoms with Crippen LogP contribution in [0.25, 0.3) is 0 Å². The first-order valence-electron chi connectivity index (χ1n) is 9.28. The number of carbonyl (C=O) groups is 1. The summed E-state index contributed by atoms with van der Waals surface area (Å²) >= 11 is 1.36. The monoisotopic (exact) mass is 374 g/mol. The molecule has 1 aromatic rings. The predicted molar refractivity (Wildman–Crippen MR) is 107 cm³/mol. The first-order valence-corrected chi connectivity index (χ1v) is 10.3. The molecule has 6 nitrogen and oxygen atoms in total. The van der Waals surface area contributed by atoms with Crippen LogP contribution in [0.5, 0.6) is 5.75 Å². The fourth-order valence-corrected chi connectivity index (χ4v) is 3.65. The van der Waals surface area contributed by atoms with Crippen LogP contribution in [-0.2, 0) is 4.79 Å². The zero-order valence-corrected chi connectivity index (χ0v) is 15.8. The third-order valence-corrected chi connectivity index (χ3v) is 5.25. The second-order valence-corrected chi connectivity index (χ2v) is 7.48. The summed E-state index contributed by atoms with van der Waals surface area (Å²) in [6, 6.07) is 7.81. The van der Waals surface area contributed by atoms with Crippen LogP contribution in [-0.4, -0.2) is 54.2 Å². The van der Waals surface area contributed by atoms with Crippen molar-refractivity contribution in [2.75, 3.05) is 32.0 Å². The average molecular weight is 375 g/mol. The van der Waals surface area contributed by atoms with Gasteiger partial charge in [-0.1, -0.05) is 30.3 Å². The van der Waals surface area contributed by atoms with Gasteiger partial charge in [-0.05, 0) is 63.0 Å². The van der Waals surface area contributed by atoms with Crippen molar-refractivity contribution in [1.82, 2.24) is 10.2 Å². The molecule has 2 saturated heterocycles. The van der Waals surface area contributed by atoms with E-state index < -0.39 is 0 Å². The van der Waals surface area contributed by atoms with Crippen LogP contribution in [0.3, 0.4) is 0 Å². The molecular formula is C19H26N4O2S.